The van der Waals surface area contributed by atoms with Crippen molar-refractivity contribution in [3.63, 3.8) is 0 Å². The number of hydrogen-bond donors (Lipinski definition) is 1. The van der Waals surface area contributed by atoms with Crippen molar-refractivity contribution in [2.75, 3.05) is 20.3 Å². The minimum absolute atomic E-state index is 0.237. The molecule has 0 radical (unpaired) electrons. The third-order valence-electron chi connectivity index (χ3n) is 4.20. The number of hydrogen-bond acceptors (Lipinski definition) is 4. The number of pyridine rings is 1. The molecular weight excluding hydrogens is 332 g/mol. The molecule has 2 aromatic heterocycles. The van der Waals surface area contributed by atoms with E-state index in [1.807, 2.05) is 44.2 Å². The average molecular weight is 354 g/mol. The number of aromatic carboxylic acids is 1. The van der Waals surface area contributed by atoms with Gasteiger partial charge in [0.25, 0.3) is 0 Å². The minimum atomic E-state index is -0.963. The van der Waals surface area contributed by atoms with Gasteiger partial charge >= 0.3 is 5.97 Å². The van der Waals surface area contributed by atoms with Crippen molar-refractivity contribution in [1.29, 1.82) is 0 Å². The molecule has 0 atom stereocenters. The van der Waals surface area contributed by atoms with Gasteiger partial charge in [0.2, 0.25) is 0 Å². The van der Waals surface area contributed by atoms with Gasteiger partial charge in [0.1, 0.15) is 18.1 Å². The molecule has 1 N–H and O–H groups in total. The van der Waals surface area contributed by atoms with Crippen molar-refractivity contribution in [3.05, 3.63) is 59.0 Å². The van der Waals surface area contributed by atoms with Crippen LogP contribution in [0.15, 0.2) is 36.4 Å². The Kier molecular flexibility index (Phi) is 5.23. The summed E-state index contributed by atoms with van der Waals surface area (Å²) in [5, 5.41) is 10.5. The number of aromatic nitrogens is 2. The number of benzene rings is 1. The van der Waals surface area contributed by atoms with Crippen LogP contribution in [0, 0.1) is 13.8 Å². The highest BCUT2D eigenvalue weighted by Gasteiger charge is 2.18. The second kappa shape index (κ2) is 7.58. The van der Waals surface area contributed by atoms with E-state index in [-0.39, 0.29) is 5.69 Å². The van der Waals surface area contributed by atoms with E-state index in [1.54, 1.807) is 17.7 Å². The first-order valence-corrected chi connectivity index (χ1v) is 8.41. The fourth-order valence-corrected chi connectivity index (χ4v) is 3.11. The van der Waals surface area contributed by atoms with Crippen LogP contribution in [0.25, 0.3) is 10.9 Å². The second-order valence-electron chi connectivity index (χ2n) is 6.21. The summed E-state index contributed by atoms with van der Waals surface area (Å²) in [6.07, 6.45) is 0. The molecule has 6 heteroatoms. The van der Waals surface area contributed by atoms with E-state index < -0.39 is 5.97 Å². The first-order valence-electron chi connectivity index (χ1n) is 8.41. The van der Waals surface area contributed by atoms with E-state index >= 15 is 0 Å². The lowest BCUT2D eigenvalue weighted by molar-refractivity contribution is 0.0686. The normalized spacial score (nSPS) is 11.0. The fourth-order valence-electron chi connectivity index (χ4n) is 3.11. The summed E-state index contributed by atoms with van der Waals surface area (Å²) in [5.41, 5.74) is 3.80. The Morgan fingerprint density at radius 2 is 2.00 bits per heavy atom. The van der Waals surface area contributed by atoms with Crippen molar-refractivity contribution >= 4 is 16.9 Å². The van der Waals surface area contributed by atoms with Crippen LogP contribution in [0.5, 0.6) is 5.75 Å². The number of aryl methyl sites for hydroxylation is 2. The predicted octanol–water partition coefficient (Wildman–Crippen LogP) is 3.42. The Balaban J connectivity index is 2.05. The molecular formula is C20H22N2O4. The topological polar surface area (TPSA) is 73.6 Å². The van der Waals surface area contributed by atoms with Crippen molar-refractivity contribution < 1.29 is 19.4 Å². The van der Waals surface area contributed by atoms with Crippen LogP contribution in [0.1, 0.15) is 27.4 Å². The highest BCUT2D eigenvalue weighted by atomic mass is 16.5. The van der Waals surface area contributed by atoms with E-state index in [9.17, 15) is 9.90 Å². The van der Waals surface area contributed by atoms with Crippen molar-refractivity contribution in [1.82, 2.24) is 9.55 Å². The molecule has 0 amide bonds. The van der Waals surface area contributed by atoms with Gasteiger partial charge in [0, 0.05) is 18.2 Å². The standard InChI is InChI=1S/C20H22N2O4/c1-13-9-17(26-8-7-25-3)10-15-11-18(20(23)24)22(19(13)15)12-16-6-4-5-14(2)21-16/h4-6,9-11H,7-8,12H2,1-3H3,(H,23,24). The Morgan fingerprint density at radius 1 is 1.19 bits per heavy atom. The zero-order valence-corrected chi connectivity index (χ0v) is 15.2. The lowest BCUT2D eigenvalue weighted by Crippen LogP contribution is -2.11. The summed E-state index contributed by atoms with van der Waals surface area (Å²) >= 11 is 0. The molecule has 0 aliphatic carbocycles. The lowest BCUT2D eigenvalue weighted by atomic mass is 10.1. The third-order valence-corrected chi connectivity index (χ3v) is 4.20. The lowest BCUT2D eigenvalue weighted by Gasteiger charge is -2.12. The molecule has 26 heavy (non-hydrogen) atoms. The summed E-state index contributed by atoms with van der Waals surface area (Å²) in [7, 11) is 1.62. The number of methoxy groups -OCH3 is 1. The molecule has 1 aromatic carbocycles. The van der Waals surface area contributed by atoms with Gasteiger partial charge in [-0.15, -0.1) is 0 Å². The molecule has 0 aliphatic rings. The van der Waals surface area contributed by atoms with Crippen molar-refractivity contribution in [2.24, 2.45) is 0 Å². The quantitative estimate of drug-likeness (QED) is 0.658. The molecule has 0 saturated carbocycles. The summed E-state index contributed by atoms with van der Waals surface area (Å²) < 4.78 is 12.5. The Hall–Kier alpha value is -2.86. The highest BCUT2D eigenvalue weighted by Crippen LogP contribution is 2.29. The molecule has 0 saturated heterocycles. The Labute approximate surface area is 152 Å². The number of nitrogens with zero attached hydrogens (tertiary/aromatic N) is 2. The highest BCUT2D eigenvalue weighted by molar-refractivity contribution is 5.96. The van der Waals surface area contributed by atoms with Gasteiger partial charge in [-0.2, -0.15) is 0 Å². The van der Waals surface area contributed by atoms with Gasteiger partial charge in [0.05, 0.1) is 24.4 Å². The minimum Gasteiger partial charge on any atom is -0.491 e. The Morgan fingerprint density at radius 3 is 2.69 bits per heavy atom. The molecule has 136 valence electrons. The van der Waals surface area contributed by atoms with Crippen LogP contribution in [-0.4, -0.2) is 41.0 Å². The van der Waals surface area contributed by atoms with Gasteiger partial charge < -0.3 is 19.1 Å². The van der Waals surface area contributed by atoms with E-state index in [0.717, 1.165) is 27.9 Å². The maximum Gasteiger partial charge on any atom is 0.352 e. The zero-order chi connectivity index (χ0) is 18.7. The zero-order valence-electron chi connectivity index (χ0n) is 15.2. The number of carbonyl (C=O) groups is 1. The first kappa shape index (κ1) is 17.9. The van der Waals surface area contributed by atoms with Crippen LogP contribution in [0.3, 0.4) is 0 Å². The van der Waals surface area contributed by atoms with Crippen LogP contribution < -0.4 is 4.74 Å². The molecule has 0 unspecified atom stereocenters. The van der Waals surface area contributed by atoms with Crippen molar-refractivity contribution in [3.8, 4) is 5.75 Å². The maximum absolute atomic E-state index is 11.8. The van der Waals surface area contributed by atoms with Crippen LogP contribution in [-0.2, 0) is 11.3 Å². The number of carboxylic acid groups (broad SMARTS) is 1. The van der Waals surface area contributed by atoms with Crippen LogP contribution >= 0.6 is 0 Å². The van der Waals surface area contributed by atoms with Gasteiger partial charge in [-0.05, 0) is 49.7 Å². The average Bonchev–Trinajstić information content (AvgIpc) is 2.94. The fraction of sp³-hybridized carbons (Fsp3) is 0.300. The summed E-state index contributed by atoms with van der Waals surface area (Å²) in [6.45, 7) is 5.22. The number of ether oxygens (including phenoxy) is 2. The van der Waals surface area contributed by atoms with Gasteiger partial charge in [-0.3, -0.25) is 4.98 Å². The van der Waals surface area contributed by atoms with Gasteiger partial charge in [-0.25, -0.2) is 4.79 Å². The maximum atomic E-state index is 11.8. The van der Waals surface area contributed by atoms with E-state index in [1.165, 1.54) is 0 Å². The number of rotatable bonds is 7. The molecule has 0 aliphatic heterocycles. The number of carboxylic acids is 1. The monoisotopic (exact) mass is 354 g/mol. The molecule has 2 heterocycles. The van der Waals surface area contributed by atoms with Crippen LogP contribution in [0.2, 0.25) is 0 Å². The molecule has 0 spiro atoms. The van der Waals surface area contributed by atoms with Crippen molar-refractivity contribution in [2.45, 2.75) is 20.4 Å². The summed E-state index contributed by atoms with van der Waals surface area (Å²) in [4.78, 5) is 16.3. The molecule has 0 fully saturated rings. The predicted molar refractivity (Wildman–Crippen MR) is 99.1 cm³/mol. The largest absolute Gasteiger partial charge is 0.491 e. The SMILES string of the molecule is COCCOc1cc(C)c2c(c1)cc(C(=O)O)n2Cc1cccc(C)n1. The van der Waals surface area contributed by atoms with E-state index in [0.29, 0.717) is 25.5 Å². The van der Waals surface area contributed by atoms with E-state index in [4.69, 9.17) is 9.47 Å². The summed E-state index contributed by atoms with van der Waals surface area (Å²) in [5.74, 6) is -0.259. The van der Waals surface area contributed by atoms with E-state index in [2.05, 4.69) is 4.98 Å². The smallest absolute Gasteiger partial charge is 0.352 e. The molecule has 0 bridgehead atoms. The van der Waals surface area contributed by atoms with Crippen LogP contribution in [0.4, 0.5) is 0 Å². The third kappa shape index (κ3) is 3.70. The second-order valence-corrected chi connectivity index (χ2v) is 6.21. The van der Waals surface area contributed by atoms with Gasteiger partial charge in [-0.1, -0.05) is 6.07 Å². The number of fused-ring (bicyclic) bond motifs is 1. The molecule has 3 aromatic rings. The molecule has 3 rings (SSSR count). The Bertz CT molecular complexity index is 946. The summed E-state index contributed by atoms with van der Waals surface area (Å²) in [6, 6.07) is 11.2. The van der Waals surface area contributed by atoms with Gasteiger partial charge in [0.15, 0.2) is 0 Å². The molecule has 6 nitrogen and oxygen atoms in total. The first-order chi connectivity index (χ1) is 12.5.